The Labute approximate surface area is 187 Å². The number of amides is 2. The van der Waals surface area contributed by atoms with Crippen molar-refractivity contribution in [1.82, 2.24) is 10.2 Å². The van der Waals surface area contributed by atoms with Gasteiger partial charge < -0.3 is 15.0 Å². The summed E-state index contributed by atoms with van der Waals surface area (Å²) in [6.45, 7) is -0.419. The van der Waals surface area contributed by atoms with Crippen LogP contribution in [0.25, 0.3) is 0 Å². The lowest BCUT2D eigenvalue weighted by molar-refractivity contribution is -0.143. The number of benzene rings is 2. The van der Waals surface area contributed by atoms with Crippen molar-refractivity contribution >= 4 is 6.03 Å². The molecular formula is C23H24F6N2O2. The molecule has 0 aliphatic heterocycles. The number of rotatable bonds is 5. The van der Waals surface area contributed by atoms with Gasteiger partial charge in [0.05, 0.1) is 23.8 Å². The molecule has 0 saturated heterocycles. The van der Waals surface area contributed by atoms with E-state index >= 15 is 0 Å². The Balaban J connectivity index is 1.87. The van der Waals surface area contributed by atoms with Crippen LogP contribution in [0.1, 0.15) is 41.0 Å². The third kappa shape index (κ3) is 5.79. The average molecular weight is 474 g/mol. The van der Waals surface area contributed by atoms with Crippen LogP contribution in [-0.4, -0.2) is 37.2 Å². The normalized spacial score (nSPS) is 21.2. The molecule has 3 rings (SSSR count). The van der Waals surface area contributed by atoms with Gasteiger partial charge in [-0.15, -0.1) is 0 Å². The van der Waals surface area contributed by atoms with Crippen LogP contribution in [0.2, 0.25) is 0 Å². The molecule has 0 heterocycles. The van der Waals surface area contributed by atoms with Gasteiger partial charge in [0.15, 0.2) is 0 Å². The highest BCUT2D eigenvalue weighted by molar-refractivity contribution is 5.74. The molecule has 10 heteroatoms. The molecule has 2 aromatic carbocycles. The molecule has 1 aliphatic rings. The number of hydrogen-bond acceptors (Lipinski definition) is 2. The highest BCUT2D eigenvalue weighted by atomic mass is 19.4. The van der Waals surface area contributed by atoms with E-state index < -0.39 is 36.2 Å². The van der Waals surface area contributed by atoms with Crippen LogP contribution in [0.15, 0.2) is 48.5 Å². The van der Waals surface area contributed by atoms with E-state index in [2.05, 4.69) is 5.32 Å². The first-order valence-electron chi connectivity index (χ1n) is 10.3. The minimum absolute atomic E-state index is 0.0974. The largest absolute Gasteiger partial charge is 0.416 e. The van der Waals surface area contributed by atoms with E-state index in [-0.39, 0.29) is 29.6 Å². The second kappa shape index (κ2) is 9.62. The van der Waals surface area contributed by atoms with Gasteiger partial charge in [-0.05, 0) is 42.2 Å². The number of alkyl halides is 6. The molecule has 180 valence electrons. The summed E-state index contributed by atoms with van der Waals surface area (Å²) in [6, 6.07) is 10.1. The minimum Gasteiger partial charge on any atom is -0.373 e. The molecule has 0 radical (unpaired) electrons. The Morgan fingerprint density at radius 3 is 2.09 bits per heavy atom. The Morgan fingerprint density at radius 2 is 1.58 bits per heavy atom. The fourth-order valence-electron chi connectivity index (χ4n) is 4.31. The van der Waals surface area contributed by atoms with Crippen molar-refractivity contribution in [3.63, 3.8) is 0 Å². The van der Waals surface area contributed by atoms with Crippen molar-refractivity contribution in [2.75, 3.05) is 14.1 Å². The predicted molar refractivity (Wildman–Crippen MR) is 109 cm³/mol. The first-order valence-corrected chi connectivity index (χ1v) is 10.3. The zero-order chi connectivity index (χ0) is 24.4. The summed E-state index contributed by atoms with van der Waals surface area (Å²) >= 11 is 0. The van der Waals surface area contributed by atoms with Gasteiger partial charge in [-0.1, -0.05) is 30.3 Å². The molecule has 33 heavy (non-hydrogen) atoms. The van der Waals surface area contributed by atoms with Crippen LogP contribution in [0.5, 0.6) is 0 Å². The van der Waals surface area contributed by atoms with Gasteiger partial charge in [0, 0.05) is 26.1 Å². The summed E-state index contributed by atoms with van der Waals surface area (Å²) in [5.41, 5.74) is -2.09. The number of ether oxygens (including phenoxy) is 1. The lowest BCUT2D eigenvalue weighted by Crippen LogP contribution is -2.44. The van der Waals surface area contributed by atoms with Crippen molar-refractivity contribution in [3.05, 3.63) is 70.8 Å². The first kappa shape index (κ1) is 24.9. The van der Waals surface area contributed by atoms with Crippen LogP contribution < -0.4 is 5.32 Å². The van der Waals surface area contributed by atoms with Gasteiger partial charge in [0.25, 0.3) is 0 Å². The van der Waals surface area contributed by atoms with Gasteiger partial charge in [-0.25, -0.2) is 4.79 Å². The third-order valence-corrected chi connectivity index (χ3v) is 5.89. The molecule has 0 bridgehead atoms. The topological polar surface area (TPSA) is 41.6 Å². The number of nitrogens with zero attached hydrogens (tertiary/aromatic N) is 1. The molecule has 1 saturated carbocycles. The van der Waals surface area contributed by atoms with Gasteiger partial charge in [-0.2, -0.15) is 26.3 Å². The van der Waals surface area contributed by atoms with E-state index in [9.17, 15) is 31.1 Å². The summed E-state index contributed by atoms with van der Waals surface area (Å²) in [7, 11) is 3.15. The molecule has 4 nitrogen and oxygen atoms in total. The van der Waals surface area contributed by atoms with E-state index in [1.54, 1.807) is 11.9 Å². The number of halogens is 6. The molecular weight excluding hydrogens is 450 g/mol. The Hall–Kier alpha value is -2.75. The van der Waals surface area contributed by atoms with Gasteiger partial charge in [-0.3, -0.25) is 0 Å². The molecule has 3 unspecified atom stereocenters. The van der Waals surface area contributed by atoms with Gasteiger partial charge in [0.2, 0.25) is 0 Å². The summed E-state index contributed by atoms with van der Waals surface area (Å²) in [5.74, 6) is -0.290. The summed E-state index contributed by atoms with van der Waals surface area (Å²) in [6.07, 6.45) is -9.26. The standard InChI is InChI=1S/C23H24F6N2O2/c1-30-21(32)31(2)18-8-9-19(20(18)15-6-4-3-5-7-15)33-13-14-10-16(22(24,25)26)12-17(11-14)23(27,28)29/h3-7,10-12,18-20H,8-9,13H2,1-2H3,(H,30,32). The maximum absolute atomic E-state index is 13.2. The van der Waals surface area contributed by atoms with Crippen molar-refractivity contribution in [2.45, 2.75) is 49.9 Å². The molecule has 3 atom stereocenters. The quantitative estimate of drug-likeness (QED) is 0.555. The Morgan fingerprint density at radius 1 is 1.00 bits per heavy atom. The second-order valence-corrected chi connectivity index (χ2v) is 8.01. The zero-order valence-electron chi connectivity index (χ0n) is 18.0. The van der Waals surface area contributed by atoms with Gasteiger partial charge >= 0.3 is 18.4 Å². The van der Waals surface area contributed by atoms with Crippen molar-refractivity contribution in [2.24, 2.45) is 0 Å². The fourth-order valence-corrected chi connectivity index (χ4v) is 4.31. The highest BCUT2D eigenvalue weighted by Gasteiger charge is 2.42. The molecule has 2 aromatic rings. The molecule has 1 N–H and O–H groups in total. The number of nitrogens with one attached hydrogen (secondary N) is 1. The van der Waals surface area contributed by atoms with Crippen LogP contribution in [0, 0.1) is 0 Å². The zero-order valence-corrected chi connectivity index (χ0v) is 18.0. The Kier molecular flexibility index (Phi) is 7.26. The van der Waals surface area contributed by atoms with E-state index in [1.165, 1.54) is 7.05 Å². The van der Waals surface area contributed by atoms with Crippen LogP contribution in [-0.2, 0) is 23.7 Å². The number of carbonyl (C=O) groups is 1. The number of urea groups is 1. The monoisotopic (exact) mass is 474 g/mol. The SMILES string of the molecule is CNC(=O)N(C)C1CCC(OCc2cc(C(F)(F)F)cc(C(F)(F)F)c2)C1c1ccccc1. The maximum atomic E-state index is 13.2. The summed E-state index contributed by atoms with van der Waals surface area (Å²) in [4.78, 5) is 13.7. The lowest BCUT2D eigenvalue weighted by Gasteiger charge is -2.32. The van der Waals surface area contributed by atoms with E-state index in [4.69, 9.17) is 4.74 Å². The molecule has 2 amide bonds. The third-order valence-electron chi connectivity index (χ3n) is 5.89. The van der Waals surface area contributed by atoms with E-state index in [0.717, 1.165) is 5.56 Å². The smallest absolute Gasteiger partial charge is 0.373 e. The maximum Gasteiger partial charge on any atom is 0.416 e. The lowest BCUT2D eigenvalue weighted by atomic mass is 9.91. The molecule has 1 fully saturated rings. The van der Waals surface area contributed by atoms with Crippen molar-refractivity contribution in [1.29, 1.82) is 0 Å². The molecule has 1 aliphatic carbocycles. The fraction of sp³-hybridized carbons (Fsp3) is 0.435. The van der Waals surface area contributed by atoms with E-state index in [0.29, 0.717) is 25.0 Å². The van der Waals surface area contributed by atoms with Crippen molar-refractivity contribution < 1.29 is 35.9 Å². The van der Waals surface area contributed by atoms with Crippen molar-refractivity contribution in [3.8, 4) is 0 Å². The minimum atomic E-state index is -4.92. The number of likely N-dealkylation sites (N-methyl/N-ethyl adjacent to an activating group) is 1. The van der Waals surface area contributed by atoms with Crippen LogP contribution in [0.3, 0.4) is 0 Å². The molecule has 0 aromatic heterocycles. The predicted octanol–water partition coefficient (Wildman–Crippen LogP) is 5.83. The highest BCUT2D eigenvalue weighted by Crippen LogP contribution is 2.41. The summed E-state index contributed by atoms with van der Waals surface area (Å²) in [5, 5.41) is 2.56. The van der Waals surface area contributed by atoms with Gasteiger partial charge in [0.1, 0.15) is 0 Å². The van der Waals surface area contributed by atoms with Crippen LogP contribution in [0.4, 0.5) is 31.1 Å². The Bertz CT molecular complexity index is 929. The summed E-state index contributed by atoms with van der Waals surface area (Å²) < 4.78 is 84.8. The van der Waals surface area contributed by atoms with Crippen LogP contribution >= 0.6 is 0 Å². The first-order chi connectivity index (χ1) is 15.4. The number of carbonyl (C=O) groups excluding carboxylic acids is 1. The average Bonchev–Trinajstić information content (AvgIpc) is 3.19. The molecule has 0 spiro atoms. The van der Waals surface area contributed by atoms with E-state index in [1.807, 2.05) is 30.3 Å². The second-order valence-electron chi connectivity index (χ2n) is 8.01. The number of hydrogen-bond donors (Lipinski definition) is 1.